The number of carbonyl (C=O) groups excluding carboxylic acids is 1. The van der Waals surface area contributed by atoms with Crippen LogP contribution >= 0.6 is 23.2 Å². The summed E-state index contributed by atoms with van der Waals surface area (Å²) in [6.45, 7) is 0. The van der Waals surface area contributed by atoms with Gasteiger partial charge in [-0.3, -0.25) is 4.79 Å². The fourth-order valence-electron chi connectivity index (χ4n) is 2.93. The van der Waals surface area contributed by atoms with Crippen LogP contribution in [0.2, 0.25) is 10.0 Å². The summed E-state index contributed by atoms with van der Waals surface area (Å²) in [5.41, 5.74) is 1.07. The molecule has 1 aliphatic heterocycles. The Hall–Kier alpha value is -2.56. The number of ketones is 1. The zero-order chi connectivity index (χ0) is 18.1. The Labute approximate surface area is 160 Å². The molecular formula is C20H13Cl2NO3. The molecule has 1 aliphatic rings. The van der Waals surface area contributed by atoms with Gasteiger partial charge in [-0.25, -0.2) is 4.98 Å². The van der Waals surface area contributed by atoms with Crippen LogP contribution in [0.25, 0.3) is 0 Å². The quantitative estimate of drug-likeness (QED) is 0.614. The van der Waals surface area contributed by atoms with E-state index in [-0.39, 0.29) is 12.2 Å². The summed E-state index contributed by atoms with van der Waals surface area (Å²) in [5.74, 6) is -0.811. The van der Waals surface area contributed by atoms with Crippen molar-refractivity contribution in [1.29, 1.82) is 0 Å². The van der Waals surface area contributed by atoms with Gasteiger partial charge in [0.15, 0.2) is 5.78 Å². The van der Waals surface area contributed by atoms with Crippen LogP contribution < -0.4 is 9.47 Å². The zero-order valence-corrected chi connectivity index (χ0v) is 15.0. The molecule has 2 heterocycles. The number of nitrogens with zero attached hydrogens (tertiary/aromatic N) is 1. The molecule has 0 aliphatic carbocycles. The standard InChI is InChI=1S/C20H13Cl2NO3/c21-14-9-10-18(23-12-14)26-20(13-5-2-1-3-6-13)11-16(24)19-15(22)7-4-8-17(19)25-20/h1-10,12H,11H2. The predicted octanol–water partition coefficient (Wildman–Crippen LogP) is 5.29. The van der Waals surface area contributed by atoms with Gasteiger partial charge in [0.05, 0.1) is 22.0 Å². The Morgan fingerprint density at radius 3 is 2.54 bits per heavy atom. The van der Waals surface area contributed by atoms with E-state index in [4.69, 9.17) is 32.7 Å². The summed E-state index contributed by atoms with van der Waals surface area (Å²) in [7, 11) is 0. The summed E-state index contributed by atoms with van der Waals surface area (Å²) in [6, 6.07) is 17.7. The van der Waals surface area contributed by atoms with Crippen LogP contribution in [0.3, 0.4) is 0 Å². The highest BCUT2D eigenvalue weighted by Gasteiger charge is 2.45. The minimum Gasteiger partial charge on any atom is -0.447 e. The van der Waals surface area contributed by atoms with E-state index in [0.29, 0.717) is 32.8 Å². The van der Waals surface area contributed by atoms with Gasteiger partial charge in [-0.15, -0.1) is 0 Å². The molecule has 0 bridgehead atoms. The van der Waals surface area contributed by atoms with Gasteiger partial charge >= 0.3 is 0 Å². The number of pyridine rings is 1. The molecular weight excluding hydrogens is 373 g/mol. The first-order valence-electron chi connectivity index (χ1n) is 7.94. The minimum atomic E-state index is -1.34. The summed E-state index contributed by atoms with van der Waals surface area (Å²) < 4.78 is 12.3. The van der Waals surface area contributed by atoms with Crippen LogP contribution in [0.4, 0.5) is 0 Å². The molecule has 2 aromatic carbocycles. The minimum absolute atomic E-state index is 0.0297. The predicted molar refractivity (Wildman–Crippen MR) is 99.0 cm³/mol. The highest BCUT2D eigenvalue weighted by atomic mass is 35.5. The van der Waals surface area contributed by atoms with Crippen molar-refractivity contribution in [2.45, 2.75) is 12.2 Å². The first-order chi connectivity index (χ1) is 12.6. The number of ether oxygens (including phenoxy) is 2. The molecule has 0 radical (unpaired) electrons. The van der Waals surface area contributed by atoms with Crippen molar-refractivity contribution >= 4 is 29.0 Å². The fourth-order valence-corrected chi connectivity index (χ4v) is 3.32. The maximum absolute atomic E-state index is 12.9. The van der Waals surface area contributed by atoms with Crippen molar-refractivity contribution in [2.75, 3.05) is 0 Å². The van der Waals surface area contributed by atoms with Crippen LogP contribution in [-0.2, 0) is 5.79 Å². The van der Waals surface area contributed by atoms with E-state index in [1.54, 1.807) is 30.3 Å². The molecule has 0 spiro atoms. The maximum Gasteiger partial charge on any atom is 0.286 e. The molecule has 0 amide bonds. The van der Waals surface area contributed by atoms with Crippen molar-refractivity contribution in [2.24, 2.45) is 0 Å². The van der Waals surface area contributed by atoms with Gasteiger partial charge in [0, 0.05) is 17.8 Å². The molecule has 0 N–H and O–H groups in total. The molecule has 0 saturated heterocycles. The van der Waals surface area contributed by atoms with Gasteiger partial charge in [0.2, 0.25) is 5.88 Å². The number of rotatable bonds is 3. The SMILES string of the molecule is O=C1CC(Oc2ccc(Cl)cn2)(c2ccccc2)Oc2cccc(Cl)c21. The first-order valence-corrected chi connectivity index (χ1v) is 8.70. The van der Waals surface area contributed by atoms with E-state index in [0.717, 1.165) is 0 Å². The number of hydrogen-bond donors (Lipinski definition) is 0. The number of Topliss-reactive ketones (excluding diaryl/α,β-unsaturated/α-hetero) is 1. The van der Waals surface area contributed by atoms with Gasteiger partial charge in [-0.2, -0.15) is 0 Å². The molecule has 3 aromatic rings. The molecule has 4 nitrogen and oxygen atoms in total. The van der Waals surface area contributed by atoms with Crippen molar-refractivity contribution in [1.82, 2.24) is 4.98 Å². The lowest BCUT2D eigenvalue weighted by atomic mass is 9.93. The summed E-state index contributed by atoms with van der Waals surface area (Å²) in [5, 5.41) is 0.850. The monoisotopic (exact) mass is 385 g/mol. The van der Waals surface area contributed by atoms with Crippen LogP contribution in [-0.4, -0.2) is 10.8 Å². The van der Waals surface area contributed by atoms with E-state index < -0.39 is 5.79 Å². The van der Waals surface area contributed by atoms with Crippen LogP contribution in [0.15, 0.2) is 66.9 Å². The van der Waals surface area contributed by atoms with Crippen LogP contribution in [0.5, 0.6) is 11.6 Å². The number of halogens is 2. The lowest BCUT2D eigenvalue weighted by molar-refractivity contribution is -0.127. The van der Waals surface area contributed by atoms with E-state index in [1.165, 1.54) is 6.20 Å². The maximum atomic E-state index is 12.9. The molecule has 4 rings (SSSR count). The molecule has 1 aromatic heterocycles. The van der Waals surface area contributed by atoms with E-state index in [2.05, 4.69) is 4.98 Å². The molecule has 0 saturated carbocycles. The second kappa shape index (κ2) is 6.63. The number of aromatic nitrogens is 1. The Kier molecular flexibility index (Phi) is 4.31. The van der Waals surface area contributed by atoms with Gasteiger partial charge in [0.25, 0.3) is 5.79 Å². The third-order valence-electron chi connectivity index (χ3n) is 4.11. The van der Waals surface area contributed by atoms with Gasteiger partial charge in [-0.05, 0) is 18.2 Å². The number of hydrogen-bond acceptors (Lipinski definition) is 4. The lowest BCUT2D eigenvalue weighted by Crippen LogP contribution is -2.44. The fraction of sp³-hybridized carbons (Fsp3) is 0.100. The molecule has 6 heteroatoms. The van der Waals surface area contributed by atoms with Crippen molar-refractivity contribution in [3.8, 4) is 11.6 Å². The highest BCUT2D eigenvalue weighted by Crippen LogP contribution is 2.42. The van der Waals surface area contributed by atoms with Gasteiger partial charge < -0.3 is 9.47 Å². The summed E-state index contributed by atoms with van der Waals surface area (Å²) >= 11 is 12.1. The number of fused-ring (bicyclic) bond motifs is 1. The van der Waals surface area contributed by atoms with Gasteiger partial charge in [-0.1, -0.05) is 59.6 Å². The second-order valence-electron chi connectivity index (χ2n) is 5.85. The molecule has 0 fully saturated rings. The summed E-state index contributed by atoms with van der Waals surface area (Å²) in [4.78, 5) is 17.0. The number of carbonyl (C=O) groups is 1. The molecule has 1 atom stereocenters. The molecule has 26 heavy (non-hydrogen) atoms. The normalized spacial score (nSPS) is 18.8. The largest absolute Gasteiger partial charge is 0.447 e. The van der Waals surface area contributed by atoms with Crippen LogP contribution in [0.1, 0.15) is 22.3 Å². The molecule has 1 unspecified atom stereocenters. The zero-order valence-electron chi connectivity index (χ0n) is 13.5. The van der Waals surface area contributed by atoms with Crippen molar-refractivity contribution in [3.63, 3.8) is 0 Å². The second-order valence-corrected chi connectivity index (χ2v) is 6.69. The lowest BCUT2D eigenvalue weighted by Gasteiger charge is -2.37. The third-order valence-corrected chi connectivity index (χ3v) is 4.64. The average Bonchev–Trinajstić information content (AvgIpc) is 2.64. The Morgan fingerprint density at radius 1 is 1.00 bits per heavy atom. The summed E-state index contributed by atoms with van der Waals surface area (Å²) in [6.07, 6.45) is 1.45. The Bertz CT molecular complexity index is 961. The van der Waals surface area contributed by atoms with E-state index in [1.807, 2.05) is 30.3 Å². The Balaban J connectivity index is 1.82. The highest BCUT2D eigenvalue weighted by molar-refractivity contribution is 6.34. The topological polar surface area (TPSA) is 48.4 Å². The third kappa shape index (κ3) is 3.02. The van der Waals surface area contributed by atoms with E-state index >= 15 is 0 Å². The van der Waals surface area contributed by atoms with E-state index in [9.17, 15) is 4.79 Å². The smallest absolute Gasteiger partial charge is 0.286 e. The number of benzene rings is 2. The average molecular weight is 386 g/mol. The van der Waals surface area contributed by atoms with Crippen molar-refractivity contribution < 1.29 is 14.3 Å². The molecule has 130 valence electrons. The van der Waals surface area contributed by atoms with Crippen LogP contribution in [0, 0.1) is 0 Å². The Morgan fingerprint density at radius 2 is 1.81 bits per heavy atom. The van der Waals surface area contributed by atoms with Crippen molar-refractivity contribution in [3.05, 3.63) is 88.0 Å². The van der Waals surface area contributed by atoms with Gasteiger partial charge in [0.1, 0.15) is 5.75 Å². The first kappa shape index (κ1) is 16.9.